The van der Waals surface area contributed by atoms with E-state index < -0.39 is 0 Å². The van der Waals surface area contributed by atoms with Gasteiger partial charge in [-0.2, -0.15) is 0 Å². The van der Waals surface area contributed by atoms with Crippen molar-refractivity contribution in [1.82, 2.24) is 5.32 Å². The third-order valence-electron chi connectivity index (χ3n) is 3.45. The van der Waals surface area contributed by atoms with Crippen LogP contribution in [0.1, 0.15) is 46.0 Å². The molecule has 1 fully saturated rings. The quantitative estimate of drug-likeness (QED) is 0.570. The molecule has 1 N–H and O–H groups in total. The van der Waals surface area contributed by atoms with Gasteiger partial charge in [0.1, 0.15) is 6.10 Å². The zero-order valence-corrected chi connectivity index (χ0v) is 10.8. The molecule has 1 saturated carbocycles. The molecule has 4 heteroatoms. The molecule has 0 bridgehead atoms. The van der Waals surface area contributed by atoms with Crippen LogP contribution in [0.4, 0.5) is 0 Å². The maximum Gasteiger partial charge on any atom is 0.293 e. The molecule has 98 valence electrons. The first kappa shape index (κ1) is 14.0. The molecule has 1 rings (SSSR count). The van der Waals surface area contributed by atoms with Gasteiger partial charge < -0.3 is 10.1 Å². The van der Waals surface area contributed by atoms with Crippen LogP contribution in [-0.2, 0) is 14.3 Å². The lowest BCUT2D eigenvalue weighted by Gasteiger charge is -2.32. The molecule has 1 aliphatic rings. The molecule has 0 heterocycles. The van der Waals surface area contributed by atoms with E-state index in [4.69, 9.17) is 4.74 Å². The first-order valence-corrected chi connectivity index (χ1v) is 6.55. The number of nitrogens with one attached hydrogen (secondary N) is 1. The Morgan fingerprint density at radius 3 is 2.88 bits per heavy atom. The Kier molecular flexibility index (Phi) is 6.01. The molecular weight excluding hydrogens is 218 g/mol. The molecule has 4 nitrogen and oxygen atoms in total. The zero-order chi connectivity index (χ0) is 12.7. The molecule has 3 unspecified atom stereocenters. The highest BCUT2D eigenvalue weighted by atomic mass is 16.5. The van der Waals surface area contributed by atoms with Crippen molar-refractivity contribution in [3.8, 4) is 0 Å². The molecule has 17 heavy (non-hydrogen) atoms. The van der Waals surface area contributed by atoms with E-state index >= 15 is 0 Å². The van der Waals surface area contributed by atoms with Crippen molar-refractivity contribution in [3.63, 3.8) is 0 Å². The minimum Gasteiger partial charge on any atom is -0.464 e. The van der Waals surface area contributed by atoms with Crippen molar-refractivity contribution < 1.29 is 14.3 Å². The lowest BCUT2D eigenvalue weighted by Crippen LogP contribution is -2.42. The minimum atomic E-state index is -0.238. The molecule has 3 atom stereocenters. The number of amides is 1. The number of carbonyl (C=O) groups excluding carboxylic acids is 2. The molecule has 0 aromatic carbocycles. The Morgan fingerprint density at radius 1 is 1.47 bits per heavy atom. The Hall–Kier alpha value is -1.06. The summed E-state index contributed by atoms with van der Waals surface area (Å²) in [7, 11) is 0. The fraction of sp³-hybridized carbons (Fsp3) is 0.846. The summed E-state index contributed by atoms with van der Waals surface area (Å²) in [5.74, 6) is 0.407. The topological polar surface area (TPSA) is 55.4 Å². The second kappa shape index (κ2) is 7.30. The predicted molar refractivity (Wildman–Crippen MR) is 65.4 cm³/mol. The molecule has 0 aromatic heterocycles. The SMILES string of the molecule is CCCCNC(=O)C1CCC(C)CC1OC=O. The first-order chi connectivity index (χ1) is 8.19. The minimum absolute atomic E-state index is 0.0391. The van der Waals surface area contributed by atoms with Crippen molar-refractivity contribution in [2.75, 3.05) is 6.54 Å². The highest BCUT2D eigenvalue weighted by Gasteiger charge is 2.34. The van der Waals surface area contributed by atoms with Crippen molar-refractivity contribution >= 4 is 12.4 Å². The normalized spacial score (nSPS) is 28.5. The van der Waals surface area contributed by atoms with Crippen molar-refractivity contribution in [2.45, 2.75) is 52.1 Å². The molecule has 0 spiro atoms. The predicted octanol–water partition coefficient (Wildman–Crippen LogP) is 1.88. The fourth-order valence-corrected chi connectivity index (χ4v) is 2.37. The van der Waals surface area contributed by atoms with E-state index in [1.807, 2.05) is 0 Å². The fourth-order valence-electron chi connectivity index (χ4n) is 2.37. The van der Waals surface area contributed by atoms with Gasteiger partial charge in [-0.1, -0.05) is 20.3 Å². The zero-order valence-electron chi connectivity index (χ0n) is 10.8. The highest BCUT2D eigenvalue weighted by Crippen LogP contribution is 2.30. The largest absolute Gasteiger partial charge is 0.464 e. The molecular formula is C13H23NO3. The summed E-state index contributed by atoms with van der Waals surface area (Å²) in [6.07, 6.45) is 4.47. The Morgan fingerprint density at radius 2 is 2.24 bits per heavy atom. The van der Waals surface area contributed by atoms with E-state index in [1.165, 1.54) is 0 Å². The van der Waals surface area contributed by atoms with Gasteiger partial charge in [-0.3, -0.25) is 9.59 Å². The molecule has 0 saturated heterocycles. The van der Waals surface area contributed by atoms with E-state index in [2.05, 4.69) is 19.2 Å². The second-order valence-corrected chi connectivity index (χ2v) is 4.94. The van der Waals surface area contributed by atoms with Crippen LogP contribution in [0.3, 0.4) is 0 Å². The van der Waals surface area contributed by atoms with E-state index in [-0.39, 0.29) is 17.9 Å². The lowest BCUT2D eigenvalue weighted by atomic mass is 9.80. The summed E-state index contributed by atoms with van der Waals surface area (Å²) in [6.45, 7) is 5.41. The van der Waals surface area contributed by atoms with Crippen LogP contribution >= 0.6 is 0 Å². The van der Waals surface area contributed by atoms with Crippen LogP contribution in [0, 0.1) is 11.8 Å². The summed E-state index contributed by atoms with van der Waals surface area (Å²) in [6, 6.07) is 0. The van der Waals surface area contributed by atoms with Gasteiger partial charge >= 0.3 is 0 Å². The maximum atomic E-state index is 12.0. The summed E-state index contributed by atoms with van der Waals surface area (Å²) >= 11 is 0. The lowest BCUT2D eigenvalue weighted by molar-refractivity contribution is -0.144. The molecule has 1 aliphatic carbocycles. The van der Waals surface area contributed by atoms with Gasteiger partial charge in [-0.15, -0.1) is 0 Å². The Bertz CT molecular complexity index is 255. The second-order valence-electron chi connectivity index (χ2n) is 4.94. The number of carbonyl (C=O) groups is 2. The Labute approximate surface area is 103 Å². The van der Waals surface area contributed by atoms with Gasteiger partial charge in [0.05, 0.1) is 5.92 Å². The summed E-state index contributed by atoms with van der Waals surface area (Å²) < 4.78 is 5.05. The standard InChI is InChI=1S/C13H23NO3/c1-3-4-7-14-13(16)11-6-5-10(2)8-12(11)17-9-15/h9-12H,3-8H2,1-2H3,(H,14,16). The van der Waals surface area contributed by atoms with Gasteiger partial charge in [-0.25, -0.2) is 0 Å². The summed E-state index contributed by atoms with van der Waals surface area (Å²) in [5, 5.41) is 2.92. The third-order valence-corrected chi connectivity index (χ3v) is 3.45. The van der Waals surface area contributed by atoms with Crippen LogP contribution in [0.15, 0.2) is 0 Å². The molecule has 0 aliphatic heterocycles. The molecule has 0 radical (unpaired) electrons. The van der Waals surface area contributed by atoms with Gasteiger partial charge in [-0.05, 0) is 31.6 Å². The van der Waals surface area contributed by atoms with Gasteiger partial charge in [0.25, 0.3) is 6.47 Å². The number of hydrogen-bond donors (Lipinski definition) is 1. The molecule has 0 aromatic rings. The highest BCUT2D eigenvalue weighted by molar-refractivity contribution is 5.79. The summed E-state index contributed by atoms with van der Waals surface area (Å²) in [4.78, 5) is 22.4. The van der Waals surface area contributed by atoms with Crippen LogP contribution in [0.25, 0.3) is 0 Å². The Balaban J connectivity index is 2.47. The van der Waals surface area contributed by atoms with Crippen LogP contribution in [0.5, 0.6) is 0 Å². The van der Waals surface area contributed by atoms with Gasteiger partial charge in [0, 0.05) is 6.54 Å². The van der Waals surface area contributed by atoms with Gasteiger partial charge in [0.2, 0.25) is 5.91 Å². The van der Waals surface area contributed by atoms with Crippen molar-refractivity contribution in [3.05, 3.63) is 0 Å². The monoisotopic (exact) mass is 241 g/mol. The van der Waals surface area contributed by atoms with Gasteiger partial charge in [0.15, 0.2) is 0 Å². The number of unbranched alkanes of at least 4 members (excludes halogenated alkanes) is 1. The van der Waals surface area contributed by atoms with Crippen LogP contribution < -0.4 is 5.32 Å². The van der Waals surface area contributed by atoms with Crippen molar-refractivity contribution in [2.24, 2.45) is 11.8 Å². The van der Waals surface area contributed by atoms with E-state index in [9.17, 15) is 9.59 Å². The number of ether oxygens (including phenoxy) is 1. The van der Waals surface area contributed by atoms with E-state index in [0.29, 0.717) is 12.4 Å². The molecule has 1 amide bonds. The van der Waals surface area contributed by atoms with Crippen LogP contribution in [0.2, 0.25) is 0 Å². The first-order valence-electron chi connectivity index (χ1n) is 6.55. The summed E-state index contributed by atoms with van der Waals surface area (Å²) in [5.41, 5.74) is 0. The average Bonchev–Trinajstić information content (AvgIpc) is 2.30. The number of rotatable bonds is 6. The van der Waals surface area contributed by atoms with Crippen LogP contribution in [-0.4, -0.2) is 25.0 Å². The third kappa shape index (κ3) is 4.36. The van der Waals surface area contributed by atoms with Crippen molar-refractivity contribution in [1.29, 1.82) is 0 Å². The smallest absolute Gasteiger partial charge is 0.293 e. The maximum absolute atomic E-state index is 12.0. The van der Waals surface area contributed by atoms with E-state index in [1.54, 1.807) is 0 Å². The van der Waals surface area contributed by atoms with E-state index in [0.717, 1.165) is 38.6 Å². The number of hydrogen-bond acceptors (Lipinski definition) is 3. The average molecular weight is 241 g/mol.